The molecule has 0 spiro atoms. The van der Waals surface area contributed by atoms with E-state index in [1.54, 1.807) is 0 Å². The fraction of sp³-hybridized carbons (Fsp3) is 0.571. The minimum Gasteiger partial charge on any atom is -0.296 e. The number of aryl methyl sites for hydroxylation is 1. The van der Waals surface area contributed by atoms with E-state index >= 15 is 0 Å². The predicted molar refractivity (Wildman–Crippen MR) is 54.3 cm³/mol. The smallest absolute Gasteiger partial charge is 0.279 e. The molecule has 0 fully saturated rings. The second-order valence-corrected chi connectivity index (χ2v) is 5.81. The molecule has 0 atom stereocenters. The molecule has 8 heteroatoms. The van der Waals surface area contributed by atoms with Crippen molar-refractivity contribution in [2.24, 2.45) is 0 Å². The minimum atomic E-state index is -3.12. The van der Waals surface area contributed by atoms with Crippen molar-refractivity contribution in [3.8, 4) is 0 Å². The number of halogens is 2. The maximum absolute atomic E-state index is 12.2. The van der Waals surface area contributed by atoms with Crippen molar-refractivity contribution in [2.45, 2.75) is 13.0 Å². The number of aromatic amines is 1. The average molecular weight is 256 g/mol. The van der Waals surface area contributed by atoms with Crippen molar-refractivity contribution >= 4 is 22.1 Å². The molecule has 1 aromatic heterocycles. The summed E-state index contributed by atoms with van der Waals surface area (Å²) in [7, 11) is -3.12. The van der Waals surface area contributed by atoms with Crippen LogP contribution in [0.4, 0.5) is 8.78 Å². The largest absolute Gasteiger partial charge is 0.296 e. The van der Waals surface area contributed by atoms with Gasteiger partial charge in [0.2, 0.25) is 0 Å². The highest BCUT2D eigenvalue weighted by Crippen LogP contribution is 2.16. The summed E-state index contributed by atoms with van der Waals surface area (Å²) in [6, 6.07) is 1.13. The van der Waals surface area contributed by atoms with Crippen LogP contribution in [0.3, 0.4) is 0 Å². The Morgan fingerprint density at radius 3 is 2.60 bits per heavy atom. The Morgan fingerprint density at radius 2 is 2.20 bits per heavy atom. The molecule has 0 aliphatic heterocycles. The highest BCUT2D eigenvalue weighted by atomic mass is 32.2. The second kappa shape index (κ2) is 4.40. The number of hydrogen-bond acceptors (Lipinski definition) is 3. The number of aromatic nitrogens is 2. The van der Waals surface area contributed by atoms with Gasteiger partial charge in [0.15, 0.2) is 0 Å². The van der Waals surface area contributed by atoms with Gasteiger partial charge in [-0.05, 0) is 0 Å². The summed E-state index contributed by atoms with van der Waals surface area (Å²) >= 11 is 4.78. The molecule has 0 radical (unpaired) electrons. The van der Waals surface area contributed by atoms with Crippen LogP contribution in [0.25, 0.3) is 0 Å². The van der Waals surface area contributed by atoms with Gasteiger partial charge in [0.25, 0.3) is 6.43 Å². The lowest BCUT2D eigenvalue weighted by Gasteiger charge is -2.01. The van der Waals surface area contributed by atoms with Gasteiger partial charge in [-0.2, -0.15) is 0 Å². The highest BCUT2D eigenvalue weighted by molar-refractivity contribution is 7.90. The van der Waals surface area contributed by atoms with Gasteiger partial charge in [0.05, 0.1) is 12.3 Å². The number of H-pyrrole nitrogens is 1. The SMILES string of the molecule is CS(=O)(=O)CCn1[nH]c(C(F)F)cc1=S. The van der Waals surface area contributed by atoms with Crippen LogP contribution in [-0.2, 0) is 16.4 Å². The van der Waals surface area contributed by atoms with E-state index in [2.05, 4.69) is 5.10 Å². The lowest BCUT2D eigenvalue weighted by atomic mass is 10.5. The van der Waals surface area contributed by atoms with Crippen LogP contribution in [0.15, 0.2) is 6.07 Å². The van der Waals surface area contributed by atoms with Crippen LogP contribution in [0, 0.1) is 4.64 Å². The maximum atomic E-state index is 12.2. The number of nitrogens with zero attached hydrogens (tertiary/aromatic N) is 1. The van der Waals surface area contributed by atoms with E-state index in [9.17, 15) is 17.2 Å². The number of rotatable bonds is 4. The minimum absolute atomic E-state index is 0.0599. The van der Waals surface area contributed by atoms with Gasteiger partial charge in [-0.1, -0.05) is 12.2 Å². The molecule has 0 bridgehead atoms. The van der Waals surface area contributed by atoms with E-state index < -0.39 is 16.3 Å². The molecule has 86 valence electrons. The molecule has 1 heterocycles. The van der Waals surface area contributed by atoms with Crippen LogP contribution >= 0.6 is 12.2 Å². The zero-order chi connectivity index (χ0) is 11.6. The fourth-order valence-electron chi connectivity index (χ4n) is 0.989. The van der Waals surface area contributed by atoms with Crippen LogP contribution < -0.4 is 0 Å². The third-order valence-corrected chi connectivity index (χ3v) is 2.99. The van der Waals surface area contributed by atoms with Gasteiger partial charge in [-0.25, -0.2) is 17.2 Å². The Kier molecular flexibility index (Phi) is 3.61. The number of nitrogens with one attached hydrogen (secondary N) is 1. The third kappa shape index (κ3) is 3.71. The van der Waals surface area contributed by atoms with Crippen molar-refractivity contribution in [2.75, 3.05) is 12.0 Å². The van der Waals surface area contributed by atoms with Crippen molar-refractivity contribution in [3.05, 3.63) is 16.4 Å². The molecular weight excluding hydrogens is 246 g/mol. The van der Waals surface area contributed by atoms with Crippen molar-refractivity contribution in [1.29, 1.82) is 0 Å². The highest BCUT2D eigenvalue weighted by Gasteiger charge is 2.11. The predicted octanol–water partition coefficient (Wildman–Crippen LogP) is 1.53. The van der Waals surface area contributed by atoms with Gasteiger partial charge in [-0.3, -0.25) is 9.78 Å². The summed E-state index contributed by atoms with van der Waals surface area (Å²) in [5.74, 6) is -0.134. The van der Waals surface area contributed by atoms with E-state index in [0.717, 1.165) is 12.3 Å². The summed E-state index contributed by atoms with van der Waals surface area (Å²) in [5.41, 5.74) is -0.298. The molecule has 0 amide bonds. The van der Waals surface area contributed by atoms with E-state index in [1.807, 2.05) is 0 Å². The molecule has 0 aromatic carbocycles. The molecule has 0 saturated heterocycles. The van der Waals surface area contributed by atoms with Crippen molar-refractivity contribution in [1.82, 2.24) is 9.78 Å². The lowest BCUT2D eigenvalue weighted by molar-refractivity contribution is 0.145. The summed E-state index contributed by atoms with van der Waals surface area (Å²) in [6.45, 7) is 0.0599. The molecular formula is C7H10F2N2O2S2. The van der Waals surface area contributed by atoms with Crippen LogP contribution in [0.5, 0.6) is 0 Å². The Labute approximate surface area is 90.8 Å². The number of sulfone groups is 1. The molecule has 0 aliphatic rings. The monoisotopic (exact) mass is 256 g/mol. The van der Waals surface area contributed by atoms with E-state index in [0.29, 0.717) is 0 Å². The first kappa shape index (κ1) is 12.3. The standard InChI is InChI=1S/C7H10F2N2O2S2/c1-15(12,13)3-2-11-6(14)4-5(10-11)7(8)9/h4,7,10H,2-3H2,1H3. The summed E-state index contributed by atoms with van der Waals surface area (Å²) in [6.07, 6.45) is -1.56. The van der Waals surface area contributed by atoms with E-state index in [-0.39, 0.29) is 22.6 Å². The first-order chi connectivity index (χ1) is 6.79. The number of hydrogen-bond donors (Lipinski definition) is 1. The molecule has 15 heavy (non-hydrogen) atoms. The summed E-state index contributed by atoms with van der Waals surface area (Å²) in [4.78, 5) is 0. The van der Waals surface area contributed by atoms with E-state index in [1.165, 1.54) is 4.68 Å². The van der Waals surface area contributed by atoms with Crippen molar-refractivity contribution in [3.63, 3.8) is 0 Å². The molecule has 0 unspecified atom stereocenters. The van der Waals surface area contributed by atoms with Crippen LogP contribution in [-0.4, -0.2) is 30.2 Å². The Morgan fingerprint density at radius 1 is 1.60 bits per heavy atom. The zero-order valence-electron chi connectivity index (χ0n) is 7.91. The molecule has 1 rings (SSSR count). The topological polar surface area (TPSA) is 54.9 Å². The van der Waals surface area contributed by atoms with Crippen molar-refractivity contribution < 1.29 is 17.2 Å². The quantitative estimate of drug-likeness (QED) is 0.831. The third-order valence-electron chi connectivity index (χ3n) is 1.73. The Bertz CT molecular complexity index is 489. The lowest BCUT2D eigenvalue weighted by Crippen LogP contribution is -2.12. The fourth-order valence-corrected chi connectivity index (χ4v) is 1.77. The number of alkyl halides is 2. The average Bonchev–Trinajstić information content (AvgIpc) is 2.42. The molecule has 0 saturated carbocycles. The van der Waals surface area contributed by atoms with E-state index in [4.69, 9.17) is 12.2 Å². The summed E-state index contributed by atoms with van der Waals surface area (Å²) in [5, 5.41) is 2.35. The first-order valence-electron chi connectivity index (χ1n) is 4.05. The maximum Gasteiger partial charge on any atom is 0.279 e. The van der Waals surface area contributed by atoms with Gasteiger partial charge in [0, 0.05) is 12.3 Å². The first-order valence-corrected chi connectivity index (χ1v) is 6.52. The molecule has 0 aliphatic carbocycles. The Hall–Kier alpha value is -0.760. The van der Waals surface area contributed by atoms with Gasteiger partial charge >= 0.3 is 0 Å². The van der Waals surface area contributed by atoms with Crippen LogP contribution in [0.2, 0.25) is 0 Å². The normalized spacial score (nSPS) is 12.3. The molecule has 1 N–H and O–H groups in total. The van der Waals surface area contributed by atoms with Crippen LogP contribution in [0.1, 0.15) is 12.1 Å². The molecule has 1 aromatic rings. The second-order valence-electron chi connectivity index (χ2n) is 3.13. The Balaban J connectivity index is 2.83. The zero-order valence-corrected chi connectivity index (χ0v) is 9.54. The van der Waals surface area contributed by atoms with Gasteiger partial charge in [-0.15, -0.1) is 0 Å². The molecule has 4 nitrogen and oxygen atoms in total. The van der Waals surface area contributed by atoms with Gasteiger partial charge in [0.1, 0.15) is 20.2 Å². The summed E-state index contributed by atoms with van der Waals surface area (Å²) < 4.78 is 47.5. The van der Waals surface area contributed by atoms with Gasteiger partial charge < -0.3 is 0 Å².